The van der Waals surface area contributed by atoms with Crippen LogP contribution < -0.4 is 4.80 Å². The van der Waals surface area contributed by atoms with Gasteiger partial charge in [-0.25, -0.2) is 0 Å². The number of carbonyl (C=O) groups is 1. The molecule has 23 heavy (non-hydrogen) atoms. The summed E-state index contributed by atoms with van der Waals surface area (Å²) in [5.74, 6) is 0. The van der Waals surface area contributed by atoms with Crippen molar-refractivity contribution < 1.29 is 4.79 Å². The number of thiazole rings is 1. The predicted molar refractivity (Wildman–Crippen MR) is 92.5 cm³/mol. The summed E-state index contributed by atoms with van der Waals surface area (Å²) in [5, 5.41) is 10.0. The molecule has 0 unspecified atom stereocenters. The van der Waals surface area contributed by atoms with Crippen LogP contribution in [0.1, 0.15) is 11.1 Å². The molecule has 116 valence electrons. The highest BCUT2D eigenvalue weighted by Gasteiger charge is 2.33. The van der Waals surface area contributed by atoms with E-state index >= 15 is 0 Å². The topological polar surface area (TPSA) is 45.9 Å². The third-order valence-corrected chi connectivity index (χ3v) is 4.69. The first-order valence-electron chi connectivity index (χ1n) is 7.49. The van der Waals surface area contributed by atoms with Crippen molar-refractivity contribution in [2.75, 3.05) is 0 Å². The minimum atomic E-state index is -0.778. The molecule has 0 atom stereocenters. The Kier molecular flexibility index (Phi) is 4.53. The summed E-state index contributed by atoms with van der Waals surface area (Å²) >= 11 is 1.34. The van der Waals surface area contributed by atoms with Crippen molar-refractivity contribution in [1.82, 2.24) is 4.57 Å². The second-order valence-corrected chi connectivity index (χ2v) is 6.52. The summed E-state index contributed by atoms with van der Waals surface area (Å²) < 4.78 is 1.80. The Morgan fingerprint density at radius 2 is 1.48 bits per heavy atom. The molecular weight excluding hydrogens is 304 g/mol. The highest BCUT2D eigenvalue weighted by atomic mass is 32.1. The molecule has 3 aromatic rings. The Morgan fingerprint density at radius 1 is 0.957 bits per heavy atom. The predicted octanol–water partition coefficient (Wildman–Crippen LogP) is 3.41. The fourth-order valence-corrected chi connectivity index (χ4v) is 3.57. The molecule has 0 saturated carbocycles. The standard InChI is InChI=1S/C19H18N2OS/c20-18-21(11-12-23-18)19(15-22,13-16-7-3-1-4-8-16)14-17-9-5-2-6-10-17/h1-12,15,20H,13-14H2. The number of nitrogens with one attached hydrogen (secondary N) is 1. The van der Waals surface area contributed by atoms with Crippen molar-refractivity contribution in [3.8, 4) is 0 Å². The van der Waals surface area contributed by atoms with Crippen LogP contribution in [0.3, 0.4) is 0 Å². The molecule has 0 aliphatic rings. The summed E-state index contributed by atoms with van der Waals surface area (Å²) in [6.07, 6.45) is 3.98. The van der Waals surface area contributed by atoms with Crippen LogP contribution in [-0.4, -0.2) is 10.9 Å². The van der Waals surface area contributed by atoms with Crippen LogP contribution in [0.25, 0.3) is 0 Å². The van der Waals surface area contributed by atoms with E-state index in [1.54, 1.807) is 4.57 Å². The van der Waals surface area contributed by atoms with E-state index in [-0.39, 0.29) is 0 Å². The van der Waals surface area contributed by atoms with Crippen LogP contribution in [0, 0.1) is 5.41 Å². The van der Waals surface area contributed by atoms with Crippen LogP contribution in [0.5, 0.6) is 0 Å². The van der Waals surface area contributed by atoms with E-state index in [2.05, 4.69) is 0 Å². The quantitative estimate of drug-likeness (QED) is 0.695. The molecule has 0 aliphatic heterocycles. The van der Waals surface area contributed by atoms with Gasteiger partial charge in [0, 0.05) is 24.4 Å². The van der Waals surface area contributed by atoms with Gasteiger partial charge in [0.15, 0.2) is 4.80 Å². The largest absolute Gasteiger partial charge is 0.311 e. The van der Waals surface area contributed by atoms with Gasteiger partial charge in [0.05, 0.1) is 0 Å². The van der Waals surface area contributed by atoms with Crippen molar-refractivity contribution in [3.63, 3.8) is 0 Å². The highest BCUT2D eigenvalue weighted by molar-refractivity contribution is 7.06. The summed E-state index contributed by atoms with van der Waals surface area (Å²) in [6, 6.07) is 20.0. The number of hydrogen-bond acceptors (Lipinski definition) is 3. The second kappa shape index (κ2) is 6.75. The molecule has 3 rings (SSSR count). The van der Waals surface area contributed by atoms with Crippen LogP contribution >= 0.6 is 11.3 Å². The maximum Gasteiger partial charge on any atom is 0.182 e. The Bertz CT molecular complexity index is 780. The zero-order chi connectivity index (χ0) is 16.1. The number of aromatic nitrogens is 1. The SMILES string of the molecule is N=c1sccn1C(C=O)(Cc1ccccc1)Cc1ccccc1. The first-order chi connectivity index (χ1) is 11.2. The summed E-state index contributed by atoms with van der Waals surface area (Å²) in [4.78, 5) is 12.6. The molecule has 4 heteroatoms. The van der Waals surface area contributed by atoms with Gasteiger partial charge in [-0.15, -0.1) is 11.3 Å². The van der Waals surface area contributed by atoms with Gasteiger partial charge in [-0.05, 0) is 11.1 Å². The first-order valence-corrected chi connectivity index (χ1v) is 8.37. The molecule has 0 spiro atoms. The van der Waals surface area contributed by atoms with Crippen molar-refractivity contribution in [3.05, 3.63) is 88.2 Å². The fourth-order valence-electron chi connectivity index (χ4n) is 2.90. The molecule has 0 radical (unpaired) electrons. The Balaban J connectivity index is 2.06. The maximum absolute atomic E-state index is 12.2. The fraction of sp³-hybridized carbons (Fsp3) is 0.158. The van der Waals surface area contributed by atoms with Crippen molar-refractivity contribution >= 4 is 17.6 Å². The van der Waals surface area contributed by atoms with E-state index in [1.807, 2.05) is 72.2 Å². The Hall–Kier alpha value is -2.46. The molecular formula is C19H18N2OS. The lowest BCUT2D eigenvalue weighted by Gasteiger charge is -2.30. The van der Waals surface area contributed by atoms with Gasteiger partial charge in [0.25, 0.3) is 0 Å². The monoisotopic (exact) mass is 322 g/mol. The average Bonchev–Trinajstić information content (AvgIpc) is 3.03. The van der Waals surface area contributed by atoms with E-state index in [4.69, 9.17) is 5.41 Å². The number of carbonyl (C=O) groups excluding carboxylic acids is 1. The molecule has 0 saturated heterocycles. The van der Waals surface area contributed by atoms with Crippen molar-refractivity contribution in [2.45, 2.75) is 18.4 Å². The smallest absolute Gasteiger partial charge is 0.182 e. The maximum atomic E-state index is 12.2. The van der Waals surface area contributed by atoms with Gasteiger partial charge in [0.2, 0.25) is 0 Å². The molecule has 0 amide bonds. The van der Waals surface area contributed by atoms with Crippen LogP contribution in [-0.2, 0) is 23.2 Å². The van der Waals surface area contributed by atoms with E-state index < -0.39 is 5.54 Å². The molecule has 0 bridgehead atoms. The van der Waals surface area contributed by atoms with Crippen LogP contribution in [0.4, 0.5) is 0 Å². The third-order valence-electron chi connectivity index (χ3n) is 4.01. The molecule has 1 N–H and O–H groups in total. The zero-order valence-electron chi connectivity index (χ0n) is 12.7. The van der Waals surface area contributed by atoms with E-state index in [1.165, 1.54) is 11.3 Å². The number of rotatable bonds is 6. The Labute approximate surface area is 139 Å². The lowest BCUT2D eigenvalue weighted by atomic mass is 9.85. The molecule has 1 heterocycles. The molecule has 0 aliphatic carbocycles. The van der Waals surface area contributed by atoms with Gasteiger partial charge < -0.3 is 9.36 Å². The summed E-state index contributed by atoms with van der Waals surface area (Å²) in [5.41, 5.74) is 1.40. The minimum Gasteiger partial charge on any atom is -0.311 e. The number of aldehydes is 1. The van der Waals surface area contributed by atoms with Gasteiger partial charge in [-0.1, -0.05) is 60.7 Å². The normalized spacial score (nSPS) is 11.3. The zero-order valence-corrected chi connectivity index (χ0v) is 13.5. The molecule has 1 aromatic heterocycles. The van der Waals surface area contributed by atoms with E-state index in [0.29, 0.717) is 17.6 Å². The lowest BCUT2D eigenvalue weighted by molar-refractivity contribution is -0.115. The molecule has 2 aromatic carbocycles. The van der Waals surface area contributed by atoms with Gasteiger partial charge in [0.1, 0.15) is 11.8 Å². The number of benzene rings is 2. The van der Waals surface area contributed by atoms with E-state index in [9.17, 15) is 4.79 Å². The third kappa shape index (κ3) is 3.32. The van der Waals surface area contributed by atoms with Gasteiger partial charge in [-0.3, -0.25) is 5.41 Å². The van der Waals surface area contributed by atoms with Gasteiger partial charge >= 0.3 is 0 Å². The highest BCUT2D eigenvalue weighted by Crippen LogP contribution is 2.25. The number of nitrogens with zero attached hydrogens (tertiary/aromatic N) is 1. The lowest BCUT2D eigenvalue weighted by Crippen LogP contribution is -2.44. The molecule has 0 fully saturated rings. The average molecular weight is 322 g/mol. The van der Waals surface area contributed by atoms with Crippen LogP contribution in [0.2, 0.25) is 0 Å². The minimum absolute atomic E-state index is 0.393. The van der Waals surface area contributed by atoms with Crippen LogP contribution in [0.15, 0.2) is 72.2 Å². The summed E-state index contributed by atoms with van der Waals surface area (Å²) in [7, 11) is 0. The summed E-state index contributed by atoms with van der Waals surface area (Å²) in [6.45, 7) is 0. The number of hydrogen-bond donors (Lipinski definition) is 1. The first kappa shape index (κ1) is 15.4. The molecule has 3 nitrogen and oxygen atoms in total. The van der Waals surface area contributed by atoms with Gasteiger partial charge in [-0.2, -0.15) is 0 Å². The second-order valence-electron chi connectivity index (χ2n) is 5.62. The van der Waals surface area contributed by atoms with Crippen molar-refractivity contribution in [1.29, 1.82) is 5.41 Å². The Morgan fingerprint density at radius 3 is 1.87 bits per heavy atom. The van der Waals surface area contributed by atoms with Crippen molar-refractivity contribution in [2.24, 2.45) is 0 Å². The van der Waals surface area contributed by atoms with E-state index in [0.717, 1.165) is 17.4 Å².